The summed E-state index contributed by atoms with van der Waals surface area (Å²) in [5.41, 5.74) is 3.79. The number of aromatic nitrogens is 3. The quantitative estimate of drug-likeness (QED) is 0.913. The Kier molecular flexibility index (Phi) is 3.23. The molecule has 1 N–H and O–H groups in total. The maximum Gasteiger partial charge on any atom is 0.129 e. The van der Waals surface area contributed by atoms with Gasteiger partial charge in [-0.3, -0.25) is 4.68 Å². The van der Waals surface area contributed by atoms with Crippen LogP contribution in [-0.2, 0) is 6.42 Å². The predicted molar refractivity (Wildman–Crippen MR) is 77.3 cm³/mol. The van der Waals surface area contributed by atoms with Gasteiger partial charge in [0.05, 0.1) is 6.20 Å². The largest absolute Gasteiger partial charge is 0.369 e. The van der Waals surface area contributed by atoms with Crippen LogP contribution >= 0.6 is 0 Å². The molecule has 1 aliphatic rings. The highest BCUT2D eigenvalue weighted by Gasteiger charge is 2.17. The zero-order valence-corrected chi connectivity index (χ0v) is 11.6. The zero-order valence-electron chi connectivity index (χ0n) is 11.6. The van der Waals surface area contributed by atoms with E-state index >= 15 is 0 Å². The van der Waals surface area contributed by atoms with Gasteiger partial charge in [0, 0.05) is 36.1 Å². The molecule has 0 radical (unpaired) electrons. The number of pyridine rings is 1. The standard InChI is InChI=1S/C15H20N4/c1-3-4-11(2)19-10-12(9-18-19)13-5-7-16-15-14(13)6-8-17-15/h5,7,9-11H,3-4,6,8H2,1-2H3,(H,16,17)/t11-/m0/s1. The fourth-order valence-corrected chi connectivity index (χ4v) is 2.74. The minimum absolute atomic E-state index is 0.465. The molecule has 1 aliphatic heterocycles. The molecular formula is C15H20N4. The van der Waals surface area contributed by atoms with Gasteiger partial charge in [0.1, 0.15) is 5.82 Å². The number of anilines is 1. The second-order valence-electron chi connectivity index (χ2n) is 5.21. The van der Waals surface area contributed by atoms with Gasteiger partial charge in [-0.25, -0.2) is 4.98 Å². The number of fused-ring (bicyclic) bond motifs is 1. The van der Waals surface area contributed by atoms with Crippen LogP contribution in [0, 0.1) is 0 Å². The van der Waals surface area contributed by atoms with Crippen molar-refractivity contribution in [3.8, 4) is 11.1 Å². The summed E-state index contributed by atoms with van der Waals surface area (Å²) in [5, 5.41) is 7.83. The Morgan fingerprint density at radius 2 is 2.37 bits per heavy atom. The van der Waals surface area contributed by atoms with Crippen molar-refractivity contribution >= 4 is 5.82 Å². The highest BCUT2D eigenvalue weighted by molar-refractivity contribution is 5.72. The van der Waals surface area contributed by atoms with Crippen LogP contribution in [-0.4, -0.2) is 21.3 Å². The number of nitrogens with zero attached hydrogens (tertiary/aromatic N) is 3. The molecule has 4 nitrogen and oxygen atoms in total. The Bertz CT molecular complexity index is 573. The van der Waals surface area contributed by atoms with Crippen molar-refractivity contribution in [2.75, 3.05) is 11.9 Å². The number of nitrogens with one attached hydrogen (secondary N) is 1. The minimum atomic E-state index is 0.465. The first-order valence-electron chi connectivity index (χ1n) is 7.06. The summed E-state index contributed by atoms with van der Waals surface area (Å²) in [6, 6.07) is 2.56. The molecule has 4 heteroatoms. The highest BCUT2D eigenvalue weighted by atomic mass is 15.3. The third kappa shape index (κ3) is 2.23. The van der Waals surface area contributed by atoms with Gasteiger partial charge in [-0.2, -0.15) is 5.10 Å². The first-order valence-corrected chi connectivity index (χ1v) is 7.06. The van der Waals surface area contributed by atoms with Crippen molar-refractivity contribution in [1.82, 2.24) is 14.8 Å². The van der Waals surface area contributed by atoms with Gasteiger partial charge in [0.2, 0.25) is 0 Å². The molecule has 0 saturated heterocycles. The van der Waals surface area contributed by atoms with Crippen LogP contribution in [0.1, 0.15) is 38.3 Å². The summed E-state index contributed by atoms with van der Waals surface area (Å²) in [5.74, 6) is 1.03. The van der Waals surface area contributed by atoms with Crippen LogP contribution in [0.2, 0.25) is 0 Å². The van der Waals surface area contributed by atoms with Crippen LogP contribution in [0.15, 0.2) is 24.7 Å². The second kappa shape index (κ2) is 5.03. The van der Waals surface area contributed by atoms with Crippen LogP contribution in [0.3, 0.4) is 0 Å². The summed E-state index contributed by atoms with van der Waals surface area (Å²) < 4.78 is 2.08. The van der Waals surface area contributed by atoms with Gasteiger partial charge >= 0.3 is 0 Å². The number of rotatable bonds is 4. The van der Waals surface area contributed by atoms with Crippen LogP contribution in [0.4, 0.5) is 5.82 Å². The van der Waals surface area contributed by atoms with E-state index in [1.54, 1.807) is 0 Å². The van der Waals surface area contributed by atoms with Crippen LogP contribution in [0.5, 0.6) is 0 Å². The molecule has 0 aromatic carbocycles. The van der Waals surface area contributed by atoms with Gasteiger partial charge in [0.25, 0.3) is 0 Å². The van der Waals surface area contributed by atoms with Crippen molar-refractivity contribution < 1.29 is 0 Å². The fourth-order valence-electron chi connectivity index (χ4n) is 2.74. The Morgan fingerprint density at radius 1 is 1.47 bits per heavy atom. The monoisotopic (exact) mass is 256 g/mol. The van der Waals surface area contributed by atoms with Crippen molar-refractivity contribution in [2.45, 2.75) is 39.2 Å². The molecule has 0 bridgehead atoms. The van der Waals surface area contributed by atoms with Gasteiger partial charge in [-0.05, 0) is 31.4 Å². The molecule has 2 aromatic rings. The maximum atomic E-state index is 4.51. The van der Waals surface area contributed by atoms with Crippen molar-refractivity contribution in [1.29, 1.82) is 0 Å². The molecule has 3 heterocycles. The zero-order chi connectivity index (χ0) is 13.2. The lowest BCUT2D eigenvalue weighted by Crippen LogP contribution is -2.04. The first kappa shape index (κ1) is 12.2. The average Bonchev–Trinajstić information content (AvgIpc) is 3.07. The third-order valence-electron chi connectivity index (χ3n) is 3.79. The molecule has 0 amide bonds. The van der Waals surface area contributed by atoms with Gasteiger partial charge < -0.3 is 5.32 Å². The van der Waals surface area contributed by atoms with Crippen molar-refractivity contribution in [2.24, 2.45) is 0 Å². The molecule has 2 aromatic heterocycles. The molecule has 100 valence electrons. The van der Waals surface area contributed by atoms with Gasteiger partial charge in [0.15, 0.2) is 0 Å². The lowest BCUT2D eigenvalue weighted by Gasteiger charge is -2.10. The summed E-state index contributed by atoms with van der Waals surface area (Å²) in [6.45, 7) is 5.42. The van der Waals surface area contributed by atoms with Crippen LogP contribution < -0.4 is 5.32 Å². The normalized spacial score (nSPS) is 15.1. The van der Waals surface area contributed by atoms with Gasteiger partial charge in [-0.15, -0.1) is 0 Å². The average molecular weight is 256 g/mol. The number of hydrogen-bond donors (Lipinski definition) is 1. The topological polar surface area (TPSA) is 42.7 Å². The fraction of sp³-hybridized carbons (Fsp3) is 0.467. The summed E-state index contributed by atoms with van der Waals surface area (Å²) in [4.78, 5) is 4.38. The Balaban J connectivity index is 1.93. The van der Waals surface area contributed by atoms with E-state index in [0.717, 1.165) is 25.2 Å². The Morgan fingerprint density at radius 3 is 3.21 bits per heavy atom. The van der Waals surface area contributed by atoms with E-state index < -0.39 is 0 Å². The van der Waals surface area contributed by atoms with Crippen molar-refractivity contribution in [3.63, 3.8) is 0 Å². The summed E-state index contributed by atoms with van der Waals surface area (Å²) >= 11 is 0. The molecule has 1 atom stereocenters. The second-order valence-corrected chi connectivity index (χ2v) is 5.21. The van der Waals surface area contributed by atoms with E-state index in [-0.39, 0.29) is 0 Å². The van der Waals surface area contributed by atoms with Gasteiger partial charge in [-0.1, -0.05) is 13.3 Å². The minimum Gasteiger partial charge on any atom is -0.369 e. The Hall–Kier alpha value is -1.84. The molecular weight excluding hydrogens is 236 g/mol. The SMILES string of the molecule is CCC[C@H](C)n1cc(-c2ccnc3c2CCN3)cn1. The third-order valence-corrected chi connectivity index (χ3v) is 3.79. The van der Waals surface area contributed by atoms with E-state index in [1.807, 2.05) is 12.4 Å². The molecule has 0 saturated carbocycles. The van der Waals surface area contributed by atoms with E-state index in [4.69, 9.17) is 0 Å². The predicted octanol–water partition coefficient (Wildman–Crippen LogP) is 3.27. The molecule has 0 unspecified atom stereocenters. The molecule has 0 spiro atoms. The van der Waals surface area contributed by atoms with E-state index in [1.165, 1.54) is 23.1 Å². The first-order chi connectivity index (χ1) is 9.29. The highest BCUT2D eigenvalue weighted by Crippen LogP contribution is 2.31. The van der Waals surface area contributed by atoms with Crippen LogP contribution in [0.25, 0.3) is 11.1 Å². The summed E-state index contributed by atoms with van der Waals surface area (Å²) in [6.07, 6.45) is 9.41. The smallest absolute Gasteiger partial charge is 0.129 e. The van der Waals surface area contributed by atoms with E-state index in [2.05, 4.69) is 46.2 Å². The molecule has 0 fully saturated rings. The summed E-state index contributed by atoms with van der Waals surface area (Å²) in [7, 11) is 0. The maximum absolute atomic E-state index is 4.51. The molecule has 19 heavy (non-hydrogen) atoms. The lowest BCUT2D eigenvalue weighted by molar-refractivity contribution is 0.455. The Labute approximate surface area is 113 Å². The van der Waals surface area contributed by atoms with E-state index in [0.29, 0.717) is 6.04 Å². The number of hydrogen-bond acceptors (Lipinski definition) is 3. The molecule has 3 rings (SSSR count). The lowest BCUT2D eigenvalue weighted by atomic mass is 10.0. The molecule has 0 aliphatic carbocycles. The van der Waals surface area contributed by atoms with Crippen molar-refractivity contribution in [3.05, 3.63) is 30.2 Å². The van der Waals surface area contributed by atoms with E-state index in [9.17, 15) is 0 Å².